The van der Waals surface area contributed by atoms with Gasteiger partial charge in [0.2, 0.25) is 0 Å². The molecule has 0 atom stereocenters. The lowest BCUT2D eigenvalue weighted by atomic mass is 10.3. The van der Waals surface area contributed by atoms with Crippen molar-refractivity contribution in [2.45, 2.75) is 4.21 Å². The van der Waals surface area contributed by atoms with Crippen molar-refractivity contribution in [3.05, 3.63) is 10.4 Å². The quantitative estimate of drug-likeness (QED) is 0.610. The van der Waals surface area contributed by atoms with Gasteiger partial charge < -0.3 is 16.2 Å². The van der Waals surface area contributed by atoms with Gasteiger partial charge in [-0.05, 0) is 0 Å². The van der Waals surface area contributed by atoms with Crippen molar-refractivity contribution in [2.24, 2.45) is 5.73 Å². The van der Waals surface area contributed by atoms with Gasteiger partial charge in [0, 0.05) is 0 Å². The van der Waals surface area contributed by atoms with Gasteiger partial charge in [0.15, 0.2) is 0 Å². The number of primary amides is 1. The van der Waals surface area contributed by atoms with Crippen LogP contribution in [0.4, 0.5) is 5.69 Å². The van der Waals surface area contributed by atoms with Crippen LogP contribution in [0, 0.1) is 11.3 Å². The molecular weight excluding hydrogens is 262 g/mol. The number of carbonyl (C=O) groups is 2. The van der Waals surface area contributed by atoms with E-state index in [4.69, 9.17) is 16.7 Å². The number of amides is 1. The van der Waals surface area contributed by atoms with Crippen molar-refractivity contribution in [3.63, 3.8) is 0 Å². The van der Waals surface area contributed by atoms with E-state index < -0.39 is 11.9 Å². The molecule has 0 saturated heterocycles. The molecule has 0 aliphatic heterocycles. The zero-order chi connectivity index (χ0) is 13.0. The first-order valence-corrected chi connectivity index (χ1v) is 6.13. The molecule has 1 amide bonds. The van der Waals surface area contributed by atoms with Crippen LogP contribution in [0.5, 0.6) is 0 Å². The van der Waals surface area contributed by atoms with Crippen LogP contribution in [-0.4, -0.2) is 24.7 Å². The Labute approximate surface area is 106 Å². The molecule has 1 heterocycles. The first-order chi connectivity index (χ1) is 8.01. The van der Waals surface area contributed by atoms with Gasteiger partial charge in [-0.15, -0.1) is 23.1 Å². The SMILES string of the molecule is COC(=O)CSc1sc(C(N)=O)c(N)c1C#N. The molecule has 6 nitrogen and oxygen atoms in total. The van der Waals surface area contributed by atoms with Crippen molar-refractivity contribution in [2.75, 3.05) is 18.6 Å². The van der Waals surface area contributed by atoms with Gasteiger partial charge in [0.05, 0.1) is 22.8 Å². The van der Waals surface area contributed by atoms with E-state index in [9.17, 15) is 9.59 Å². The van der Waals surface area contributed by atoms with Crippen molar-refractivity contribution in [1.29, 1.82) is 5.26 Å². The lowest BCUT2D eigenvalue weighted by Crippen LogP contribution is -2.10. The molecule has 0 aromatic carbocycles. The summed E-state index contributed by atoms with van der Waals surface area (Å²) in [5.74, 6) is -1.07. The fourth-order valence-corrected chi connectivity index (χ4v) is 3.08. The summed E-state index contributed by atoms with van der Waals surface area (Å²) in [4.78, 5) is 22.1. The molecule has 1 aromatic heterocycles. The molecule has 90 valence electrons. The topological polar surface area (TPSA) is 119 Å². The number of ether oxygens (including phenoxy) is 1. The van der Waals surface area contributed by atoms with Crippen LogP contribution in [-0.2, 0) is 9.53 Å². The van der Waals surface area contributed by atoms with Gasteiger partial charge in [-0.1, -0.05) is 0 Å². The van der Waals surface area contributed by atoms with E-state index in [1.54, 1.807) is 0 Å². The normalized spacial score (nSPS) is 9.65. The van der Waals surface area contributed by atoms with E-state index in [1.165, 1.54) is 7.11 Å². The van der Waals surface area contributed by atoms with E-state index in [1.807, 2.05) is 6.07 Å². The number of thiophene rings is 1. The second-order valence-electron chi connectivity index (χ2n) is 2.85. The summed E-state index contributed by atoms with van der Waals surface area (Å²) in [6.07, 6.45) is 0. The Kier molecular flexibility index (Phi) is 4.37. The lowest BCUT2D eigenvalue weighted by molar-refractivity contribution is -0.137. The Morgan fingerprint density at radius 3 is 2.71 bits per heavy atom. The van der Waals surface area contributed by atoms with E-state index in [0.29, 0.717) is 4.21 Å². The van der Waals surface area contributed by atoms with Crippen LogP contribution in [0.2, 0.25) is 0 Å². The minimum absolute atomic E-state index is 0.0450. The number of nitriles is 1. The van der Waals surface area contributed by atoms with E-state index in [-0.39, 0.29) is 21.9 Å². The number of hydrogen-bond donors (Lipinski definition) is 2. The molecule has 8 heteroatoms. The van der Waals surface area contributed by atoms with Gasteiger partial charge in [-0.25, -0.2) is 0 Å². The van der Waals surface area contributed by atoms with Crippen LogP contribution in [0.1, 0.15) is 15.2 Å². The highest BCUT2D eigenvalue weighted by atomic mass is 32.2. The van der Waals surface area contributed by atoms with Crippen LogP contribution in [0.3, 0.4) is 0 Å². The zero-order valence-electron chi connectivity index (χ0n) is 8.85. The summed E-state index contributed by atoms with van der Waals surface area (Å²) in [6.45, 7) is 0. The highest BCUT2D eigenvalue weighted by molar-refractivity contribution is 8.01. The zero-order valence-corrected chi connectivity index (χ0v) is 10.5. The molecule has 0 aliphatic rings. The summed E-state index contributed by atoms with van der Waals surface area (Å²) < 4.78 is 4.96. The van der Waals surface area contributed by atoms with E-state index in [0.717, 1.165) is 23.1 Å². The number of esters is 1. The summed E-state index contributed by atoms with van der Waals surface area (Å²) in [5, 5.41) is 8.91. The molecule has 0 unspecified atom stereocenters. The van der Waals surface area contributed by atoms with E-state index in [2.05, 4.69) is 4.74 Å². The van der Waals surface area contributed by atoms with Gasteiger partial charge in [0.1, 0.15) is 16.5 Å². The Balaban J connectivity index is 3.00. The molecule has 17 heavy (non-hydrogen) atoms. The number of nitrogens with zero attached hydrogens (tertiary/aromatic N) is 1. The number of anilines is 1. The van der Waals surface area contributed by atoms with Crippen molar-refractivity contribution >= 4 is 40.7 Å². The third-order valence-electron chi connectivity index (χ3n) is 1.80. The standard InChI is InChI=1S/C9H9N3O3S2/c1-15-5(13)3-16-9-4(2-10)6(11)7(17-9)8(12)14/h3,11H2,1H3,(H2,12,14). The van der Waals surface area contributed by atoms with Crippen molar-refractivity contribution in [1.82, 2.24) is 0 Å². The van der Waals surface area contributed by atoms with Gasteiger partial charge in [-0.2, -0.15) is 5.26 Å². The number of thioether (sulfide) groups is 1. The lowest BCUT2D eigenvalue weighted by Gasteiger charge is -1.97. The third kappa shape index (κ3) is 2.89. The monoisotopic (exact) mass is 271 g/mol. The minimum atomic E-state index is -0.686. The average Bonchev–Trinajstić information content (AvgIpc) is 2.62. The molecule has 0 bridgehead atoms. The molecule has 1 aromatic rings. The highest BCUT2D eigenvalue weighted by Gasteiger charge is 2.20. The van der Waals surface area contributed by atoms with Crippen LogP contribution < -0.4 is 11.5 Å². The molecule has 0 radical (unpaired) electrons. The smallest absolute Gasteiger partial charge is 0.316 e. The average molecular weight is 271 g/mol. The number of rotatable bonds is 4. The second-order valence-corrected chi connectivity index (χ2v) is 5.11. The van der Waals surface area contributed by atoms with E-state index >= 15 is 0 Å². The summed E-state index contributed by atoms with van der Waals surface area (Å²) >= 11 is 2.09. The maximum absolute atomic E-state index is 11.0. The number of nitrogens with two attached hydrogens (primary N) is 2. The third-order valence-corrected chi connectivity index (χ3v) is 4.26. The van der Waals surface area contributed by atoms with Crippen LogP contribution in [0.25, 0.3) is 0 Å². The number of nitrogen functional groups attached to an aromatic ring is 1. The Hall–Kier alpha value is -1.72. The summed E-state index contributed by atoms with van der Waals surface area (Å²) in [7, 11) is 1.27. The predicted molar refractivity (Wildman–Crippen MR) is 64.7 cm³/mol. The van der Waals surface area contributed by atoms with Crippen LogP contribution >= 0.6 is 23.1 Å². The van der Waals surface area contributed by atoms with Crippen LogP contribution in [0.15, 0.2) is 4.21 Å². The fraction of sp³-hybridized carbons (Fsp3) is 0.222. The Morgan fingerprint density at radius 1 is 1.59 bits per heavy atom. The van der Waals surface area contributed by atoms with Crippen molar-refractivity contribution < 1.29 is 14.3 Å². The van der Waals surface area contributed by atoms with Gasteiger partial charge in [-0.3, -0.25) is 9.59 Å². The molecule has 0 fully saturated rings. The summed E-state index contributed by atoms with van der Waals surface area (Å²) in [5.41, 5.74) is 11.0. The minimum Gasteiger partial charge on any atom is -0.468 e. The molecule has 4 N–H and O–H groups in total. The maximum atomic E-state index is 11.0. The number of methoxy groups -OCH3 is 1. The largest absolute Gasteiger partial charge is 0.468 e. The molecule has 0 saturated carbocycles. The van der Waals surface area contributed by atoms with Gasteiger partial charge in [0.25, 0.3) is 5.91 Å². The Bertz CT molecular complexity index is 504. The number of carbonyl (C=O) groups excluding carboxylic acids is 2. The molecular formula is C9H9N3O3S2. The Morgan fingerprint density at radius 2 is 2.24 bits per heavy atom. The second kappa shape index (κ2) is 5.56. The first kappa shape index (κ1) is 13.3. The summed E-state index contributed by atoms with van der Waals surface area (Å²) in [6, 6.07) is 1.89. The highest BCUT2D eigenvalue weighted by Crippen LogP contribution is 2.37. The molecule has 1 rings (SSSR count). The fourth-order valence-electron chi connectivity index (χ4n) is 0.996. The molecule has 0 spiro atoms. The van der Waals surface area contributed by atoms with Crippen molar-refractivity contribution in [3.8, 4) is 6.07 Å². The first-order valence-electron chi connectivity index (χ1n) is 4.33. The predicted octanol–water partition coefficient (Wildman–Crippen LogP) is 0.566. The number of hydrogen-bond acceptors (Lipinski definition) is 7. The maximum Gasteiger partial charge on any atom is 0.316 e. The molecule has 0 aliphatic carbocycles. The van der Waals surface area contributed by atoms with Gasteiger partial charge >= 0.3 is 5.97 Å².